The van der Waals surface area contributed by atoms with E-state index in [2.05, 4.69) is 27.7 Å². The Bertz CT molecular complexity index is 1110. The van der Waals surface area contributed by atoms with Gasteiger partial charge < -0.3 is 28.4 Å². The van der Waals surface area contributed by atoms with E-state index in [4.69, 9.17) is 48.0 Å². The number of cyclic esters (lactones) is 2. The minimum atomic E-state index is -0.886. The highest BCUT2D eigenvalue weighted by molar-refractivity contribution is 5.63. The number of ether oxygens (including phenoxy) is 6. The second kappa shape index (κ2) is 9.52. The van der Waals surface area contributed by atoms with Gasteiger partial charge in [0.2, 0.25) is 11.6 Å². The van der Waals surface area contributed by atoms with Gasteiger partial charge in [-0.1, -0.05) is 27.7 Å². The van der Waals surface area contributed by atoms with Crippen molar-refractivity contribution in [2.24, 2.45) is 47.3 Å². The molecule has 246 valence electrons. The van der Waals surface area contributed by atoms with Gasteiger partial charge in [-0.15, -0.1) is 0 Å². The van der Waals surface area contributed by atoms with Gasteiger partial charge in [0.1, 0.15) is 12.2 Å². The van der Waals surface area contributed by atoms with Gasteiger partial charge >= 0.3 is 6.16 Å². The third kappa shape index (κ3) is 3.70. The average molecular weight is 621 g/mol. The zero-order valence-corrected chi connectivity index (χ0v) is 26.7. The van der Waals surface area contributed by atoms with Gasteiger partial charge in [-0.05, 0) is 87.9 Å². The molecule has 0 N–H and O–H groups in total. The summed E-state index contributed by atoms with van der Waals surface area (Å²) in [5.41, 5.74) is -1.39. The van der Waals surface area contributed by atoms with Crippen molar-refractivity contribution in [2.75, 3.05) is 0 Å². The maximum atomic E-state index is 13.0. The predicted molar refractivity (Wildman–Crippen MR) is 149 cm³/mol. The van der Waals surface area contributed by atoms with Crippen LogP contribution in [0.15, 0.2) is 0 Å². The highest BCUT2D eigenvalue weighted by Gasteiger charge is 2.73. The summed E-state index contributed by atoms with van der Waals surface area (Å²) in [4.78, 5) is 37.7. The second-order valence-corrected chi connectivity index (χ2v) is 16.2. The van der Waals surface area contributed by atoms with Crippen LogP contribution in [0.2, 0.25) is 0 Å². The van der Waals surface area contributed by atoms with Crippen molar-refractivity contribution in [1.82, 2.24) is 0 Å². The maximum absolute atomic E-state index is 13.0. The van der Waals surface area contributed by atoms with E-state index in [0.29, 0.717) is 11.8 Å². The van der Waals surface area contributed by atoms with Crippen LogP contribution in [-0.2, 0) is 48.0 Å². The Labute approximate surface area is 259 Å². The van der Waals surface area contributed by atoms with Gasteiger partial charge in [-0.3, -0.25) is 0 Å². The van der Waals surface area contributed by atoms with Gasteiger partial charge in [0.15, 0.2) is 36.0 Å². The minimum Gasteiger partial charge on any atom is -0.424 e. The van der Waals surface area contributed by atoms with Crippen LogP contribution in [0.3, 0.4) is 0 Å². The number of fused-ring (bicyclic) bond motifs is 4. The lowest BCUT2D eigenvalue weighted by molar-refractivity contribution is -0.574. The van der Waals surface area contributed by atoms with Crippen LogP contribution in [0.25, 0.3) is 0 Å². The lowest BCUT2D eigenvalue weighted by Gasteiger charge is -2.62. The van der Waals surface area contributed by atoms with Gasteiger partial charge in [-0.2, -0.15) is 0 Å². The number of carbonyl (C=O) groups is 1. The summed E-state index contributed by atoms with van der Waals surface area (Å²) in [5.74, 6) is -0.151. The fraction of sp³-hybridized carbons (Fsp3) is 0.970. The van der Waals surface area contributed by atoms with E-state index in [1.165, 1.54) is 0 Å². The molecular weight excluding hydrogens is 572 g/mol. The zero-order valence-electron chi connectivity index (χ0n) is 26.7. The van der Waals surface area contributed by atoms with Crippen LogP contribution in [0.4, 0.5) is 4.79 Å². The number of hydrogen-bond donors (Lipinski definition) is 0. The molecule has 2 spiro atoms. The first kappa shape index (κ1) is 29.1. The van der Waals surface area contributed by atoms with Crippen molar-refractivity contribution < 1.29 is 52.8 Å². The SMILES string of the molecule is C[C@H]1[C@@H](C2OC(=O)OC2[C@H]2O[C@@H]3O[C@]4(C)CC[C@H]5[C@H](C)CC[C@@H]([C@H]2C)[C@@]35OO4)O[C@@H]2O[C@]3(C)CC[C@H]4[C@H](C)CC[C@@H]1[C@@]24OO3. The smallest absolute Gasteiger partial charge is 0.424 e. The van der Waals surface area contributed by atoms with Crippen molar-refractivity contribution in [3.05, 3.63) is 0 Å². The molecule has 0 aromatic rings. The summed E-state index contributed by atoms with van der Waals surface area (Å²) in [6.45, 7) is 12.8. The molecule has 11 rings (SSSR count). The molecule has 9 aliphatic heterocycles. The predicted octanol–water partition coefficient (Wildman–Crippen LogP) is 5.39. The Morgan fingerprint density at radius 3 is 1.41 bits per heavy atom. The largest absolute Gasteiger partial charge is 0.509 e. The van der Waals surface area contributed by atoms with E-state index in [9.17, 15) is 4.79 Å². The Morgan fingerprint density at radius 1 is 0.545 bits per heavy atom. The van der Waals surface area contributed by atoms with E-state index in [1.807, 2.05) is 13.8 Å². The maximum Gasteiger partial charge on any atom is 0.509 e. The molecule has 44 heavy (non-hydrogen) atoms. The van der Waals surface area contributed by atoms with Crippen LogP contribution in [0.5, 0.6) is 0 Å². The number of rotatable bonds is 2. The molecule has 0 aromatic carbocycles. The molecule has 11 nitrogen and oxygen atoms in total. The molecule has 18 atom stereocenters. The fourth-order valence-electron chi connectivity index (χ4n) is 11.5. The molecule has 0 radical (unpaired) electrons. The standard InChI is InChI=1S/C33H48O11/c1-15-7-9-21-17(3)23(35-27-32(21)19(15)11-13-30(5,39-27)41-43-32)25-26(38-29(34)37-25)24-18(4)22-10-8-16(2)20-12-14-31(6)40-28(36-24)33(20,22)44-42-31/h15-28H,7-14H2,1-6H3/t15-,16-,17-,18-,19+,20+,21+,22+,23+,24+,25?,26?,27-,28-,30+,31+,32-,33-/m1/s1. The van der Waals surface area contributed by atoms with Crippen molar-refractivity contribution >= 4 is 6.16 Å². The van der Waals surface area contributed by atoms with Gasteiger partial charge in [-0.25, -0.2) is 24.3 Å². The molecule has 0 amide bonds. The first-order valence-corrected chi connectivity index (χ1v) is 17.3. The molecule has 2 aliphatic carbocycles. The van der Waals surface area contributed by atoms with Crippen LogP contribution in [0.1, 0.15) is 92.9 Å². The average Bonchev–Trinajstić information content (AvgIpc) is 3.08. The molecule has 9 heterocycles. The van der Waals surface area contributed by atoms with Crippen LogP contribution >= 0.6 is 0 Å². The monoisotopic (exact) mass is 620 g/mol. The highest BCUT2D eigenvalue weighted by atomic mass is 17.3. The number of hydrogen-bond acceptors (Lipinski definition) is 11. The molecule has 11 fully saturated rings. The van der Waals surface area contributed by atoms with Crippen molar-refractivity contribution in [3.63, 3.8) is 0 Å². The second-order valence-electron chi connectivity index (χ2n) is 16.2. The molecule has 9 saturated heterocycles. The normalized spacial score (nSPS) is 62.5. The lowest BCUT2D eigenvalue weighted by atomic mass is 9.56. The Balaban J connectivity index is 1.05. The molecule has 2 unspecified atom stereocenters. The highest BCUT2D eigenvalue weighted by Crippen LogP contribution is 2.63. The van der Waals surface area contributed by atoms with Crippen molar-refractivity contribution in [3.8, 4) is 0 Å². The lowest BCUT2D eigenvalue weighted by Crippen LogP contribution is -2.73. The van der Waals surface area contributed by atoms with E-state index in [1.54, 1.807) is 0 Å². The molecule has 11 aliphatic rings. The van der Waals surface area contributed by atoms with Crippen LogP contribution in [0, 0.1) is 47.3 Å². The Morgan fingerprint density at radius 2 is 0.977 bits per heavy atom. The Hall–Kier alpha value is -1.05. The van der Waals surface area contributed by atoms with Gasteiger partial charge in [0.05, 0.1) is 0 Å². The molecule has 0 aromatic heterocycles. The Kier molecular flexibility index (Phi) is 6.30. The topological polar surface area (TPSA) is 109 Å². The molecule has 11 heteroatoms. The summed E-state index contributed by atoms with van der Waals surface area (Å²) < 4.78 is 39.1. The first-order valence-electron chi connectivity index (χ1n) is 17.3. The zero-order chi connectivity index (χ0) is 30.4. The van der Waals surface area contributed by atoms with E-state index in [-0.39, 0.29) is 35.5 Å². The third-order valence-electron chi connectivity index (χ3n) is 13.9. The fourth-order valence-corrected chi connectivity index (χ4v) is 11.5. The summed E-state index contributed by atoms with van der Waals surface area (Å²) >= 11 is 0. The van der Waals surface area contributed by atoms with Crippen molar-refractivity contribution in [2.45, 2.75) is 153 Å². The summed E-state index contributed by atoms with van der Waals surface area (Å²) in [5, 5.41) is 0. The molecule has 4 bridgehead atoms. The van der Waals surface area contributed by atoms with Crippen LogP contribution in [-0.4, -0.2) is 65.9 Å². The van der Waals surface area contributed by atoms with Crippen LogP contribution < -0.4 is 0 Å². The summed E-state index contributed by atoms with van der Waals surface area (Å²) in [6, 6.07) is 0. The molecule has 2 saturated carbocycles. The van der Waals surface area contributed by atoms with E-state index < -0.39 is 65.9 Å². The minimum absolute atomic E-state index is 0.0103. The first-order chi connectivity index (χ1) is 21.0. The summed E-state index contributed by atoms with van der Waals surface area (Å²) in [7, 11) is 0. The summed E-state index contributed by atoms with van der Waals surface area (Å²) in [6.07, 6.45) is 3.23. The quantitative estimate of drug-likeness (QED) is 0.293. The third-order valence-corrected chi connectivity index (χ3v) is 13.9. The number of carbonyl (C=O) groups excluding carboxylic acids is 1. The van der Waals surface area contributed by atoms with E-state index in [0.717, 1.165) is 51.4 Å². The molecular formula is C33H48O11. The van der Waals surface area contributed by atoms with Crippen molar-refractivity contribution in [1.29, 1.82) is 0 Å². The van der Waals surface area contributed by atoms with Gasteiger partial charge in [0, 0.05) is 24.7 Å². The van der Waals surface area contributed by atoms with E-state index >= 15 is 0 Å². The van der Waals surface area contributed by atoms with Gasteiger partial charge in [0.25, 0.3) is 0 Å².